The lowest BCUT2D eigenvalue weighted by molar-refractivity contribution is -0.0623. The number of hydrogen-bond donors (Lipinski definition) is 1. The van der Waals surface area contributed by atoms with Gasteiger partial charge in [0.15, 0.2) is 0 Å². The Morgan fingerprint density at radius 2 is 1.83 bits per heavy atom. The fraction of sp³-hybridized carbons (Fsp3) is 1.00. The van der Waals surface area contributed by atoms with E-state index in [-0.39, 0.29) is 5.54 Å². The molecule has 0 aromatic carbocycles. The highest BCUT2D eigenvalue weighted by Crippen LogP contribution is 2.30. The van der Waals surface area contributed by atoms with Gasteiger partial charge in [0, 0.05) is 12.1 Å². The van der Waals surface area contributed by atoms with Gasteiger partial charge >= 0.3 is 0 Å². The minimum atomic E-state index is 0.188. The topological polar surface area (TPSA) is 21.3 Å². The van der Waals surface area contributed by atoms with Gasteiger partial charge in [0.25, 0.3) is 0 Å². The van der Waals surface area contributed by atoms with Crippen molar-refractivity contribution in [3.8, 4) is 0 Å². The fourth-order valence-electron chi connectivity index (χ4n) is 2.78. The Morgan fingerprint density at radius 3 is 2.39 bits per heavy atom. The van der Waals surface area contributed by atoms with Crippen LogP contribution >= 0.6 is 0 Å². The van der Waals surface area contributed by atoms with Crippen LogP contribution < -0.4 is 5.32 Å². The third-order valence-electron chi connectivity index (χ3n) is 4.05. The summed E-state index contributed by atoms with van der Waals surface area (Å²) in [5, 5.41) is 3.57. The van der Waals surface area contributed by atoms with E-state index in [2.05, 4.69) is 39.9 Å². The van der Waals surface area contributed by atoms with Gasteiger partial charge in [-0.05, 0) is 46.0 Å². The van der Waals surface area contributed by atoms with Crippen LogP contribution in [0.15, 0.2) is 0 Å². The SMILES string of the molecule is CCC(CNC(C)(C)C)OC1CCCCC1CC. The summed E-state index contributed by atoms with van der Waals surface area (Å²) in [4.78, 5) is 0. The van der Waals surface area contributed by atoms with Crippen molar-refractivity contribution < 1.29 is 4.74 Å². The summed E-state index contributed by atoms with van der Waals surface area (Å²) in [7, 11) is 0. The second kappa shape index (κ2) is 7.49. The molecule has 0 aromatic rings. The molecule has 1 saturated carbocycles. The van der Waals surface area contributed by atoms with Gasteiger partial charge in [0.1, 0.15) is 0 Å². The lowest BCUT2D eigenvalue weighted by Crippen LogP contribution is -2.43. The minimum absolute atomic E-state index is 0.188. The minimum Gasteiger partial charge on any atom is -0.373 e. The van der Waals surface area contributed by atoms with Crippen molar-refractivity contribution >= 4 is 0 Å². The maximum absolute atomic E-state index is 6.38. The van der Waals surface area contributed by atoms with E-state index in [0.717, 1.165) is 18.9 Å². The quantitative estimate of drug-likeness (QED) is 0.770. The van der Waals surface area contributed by atoms with Crippen molar-refractivity contribution in [2.75, 3.05) is 6.54 Å². The van der Waals surface area contributed by atoms with Crippen LogP contribution in [-0.4, -0.2) is 24.3 Å². The van der Waals surface area contributed by atoms with Crippen LogP contribution in [0.5, 0.6) is 0 Å². The van der Waals surface area contributed by atoms with Crippen LogP contribution in [-0.2, 0) is 4.74 Å². The molecule has 2 nitrogen and oxygen atoms in total. The molecule has 1 N–H and O–H groups in total. The van der Waals surface area contributed by atoms with Gasteiger partial charge in [0.2, 0.25) is 0 Å². The molecule has 0 aromatic heterocycles. The lowest BCUT2D eigenvalue weighted by Gasteiger charge is -2.34. The molecule has 2 heteroatoms. The van der Waals surface area contributed by atoms with Crippen molar-refractivity contribution in [3.05, 3.63) is 0 Å². The molecule has 0 aliphatic heterocycles. The van der Waals surface area contributed by atoms with E-state index in [9.17, 15) is 0 Å². The molecule has 0 bridgehead atoms. The van der Waals surface area contributed by atoms with E-state index in [1.807, 2.05) is 0 Å². The number of rotatable bonds is 6. The normalized spacial score (nSPS) is 27.2. The molecule has 0 radical (unpaired) electrons. The fourth-order valence-corrected chi connectivity index (χ4v) is 2.78. The molecule has 0 saturated heterocycles. The Hall–Kier alpha value is -0.0800. The monoisotopic (exact) mass is 255 g/mol. The Balaban J connectivity index is 2.40. The molecule has 1 fully saturated rings. The lowest BCUT2D eigenvalue weighted by atomic mass is 9.84. The molecule has 0 heterocycles. The third-order valence-corrected chi connectivity index (χ3v) is 4.05. The van der Waals surface area contributed by atoms with Crippen LogP contribution in [0.1, 0.15) is 73.1 Å². The van der Waals surface area contributed by atoms with Crippen LogP contribution in [0.2, 0.25) is 0 Å². The first-order valence-corrected chi connectivity index (χ1v) is 7.86. The smallest absolute Gasteiger partial charge is 0.0700 e. The first-order chi connectivity index (χ1) is 8.46. The van der Waals surface area contributed by atoms with Crippen LogP contribution in [0, 0.1) is 5.92 Å². The van der Waals surface area contributed by atoms with E-state index in [4.69, 9.17) is 4.74 Å². The van der Waals surface area contributed by atoms with Gasteiger partial charge in [-0.25, -0.2) is 0 Å². The van der Waals surface area contributed by atoms with Crippen LogP contribution in [0.25, 0.3) is 0 Å². The van der Waals surface area contributed by atoms with Crippen molar-refractivity contribution in [2.24, 2.45) is 5.92 Å². The Morgan fingerprint density at radius 1 is 1.17 bits per heavy atom. The van der Waals surface area contributed by atoms with E-state index in [1.54, 1.807) is 0 Å². The van der Waals surface area contributed by atoms with Crippen molar-refractivity contribution in [3.63, 3.8) is 0 Å². The highest BCUT2D eigenvalue weighted by Gasteiger charge is 2.26. The molecule has 108 valence electrons. The second-order valence-corrected chi connectivity index (χ2v) is 6.79. The highest BCUT2D eigenvalue weighted by atomic mass is 16.5. The summed E-state index contributed by atoms with van der Waals surface area (Å²) in [5.41, 5.74) is 0.188. The van der Waals surface area contributed by atoms with Crippen molar-refractivity contribution in [1.29, 1.82) is 0 Å². The molecule has 1 aliphatic carbocycles. The van der Waals surface area contributed by atoms with E-state index >= 15 is 0 Å². The van der Waals surface area contributed by atoms with Gasteiger partial charge in [-0.15, -0.1) is 0 Å². The number of ether oxygens (including phenoxy) is 1. The predicted molar refractivity (Wildman–Crippen MR) is 79.0 cm³/mol. The standard InChI is InChI=1S/C16H33NO/c1-6-13-10-8-9-11-15(13)18-14(7-2)12-17-16(3,4)5/h13-15,17H,6-12H2,1-5H3. The van der Waals surface area contributed by atoms with Crippen LogP contribution in [0.3, 0.4) is 0 Å². The van der Waals surface area contributed by atoms with E-state index < -0.39 is 0 Å². The summed E-state index contributed by atoms with van der Waals surface area (Å²) in [5.74, 6) is 0.794. The first kappa shape index (κ1) is 16.0. The average Bonchev–Trinajstić information content (AvgIpc) is 2.33. The molecule has 0 spiro atoms. The summed E-state index contributed by atoms with van der Waals surface area (Å²) < 4.78 is 6.38. The molecule has 1 aliphatic rings. The summed E-state index contributed by atoms with van der Waals surface area (Å²) in [6.45, 7) is 12.2. The largest absolute Gasteiger partial charge is 0.373 e. The maximum Gasteiger partial charge on any atom is 0.0700 e. The highest BCUT2D eigenvalue weighted by molar-refractivity contribution is 4.78. The zero-order valence-corrected chi connectivity index (χ0v) is 13.1. The van der Waals surface area contributed by atoms with E-state index in [1.165, 1.54) is 32.1 Å². The number of nitrogens with one attached hydrogen (secondary N) is 1. The van der Waals surface area contributed by atoms with E-state index in [0.29, 0.717) is 12.2 Å². The molecule has 3 atom stereocenters. The first-order valence-electron chi connectivity index (χ1n) is 7.86. The van der Waals surface area contributed by atoms with Crippen molar-refractivity contribution in [2.45, 2.75) is 90.9 Å². The van der Waals surface area contributed by atoms with Gasteiger partial charge < -0.3 is 10.1 Å². The van der Waals surface area contributed by atoms with Crippen LogP contribution in [0.4, 0.5) is 0 Å². The molecule has 0 amide bonds. The Labute approximate surface area is 114 Å². The Kier molecular flexibility index (Phi) is 6.65. The van der Waals surface area contributed by atoms with Gasteiger partial charge in [0.05, 0.1) is 12.2 Å². The second-order valence-electron chi connectivity index (χ2n) is 6.79. The summed E-state index contributed by atoms with van der Waals surface area (Å²) in [6.07, 6.45) is 8.65. The zero-order valence-electron chi connectivity index (χ0n) is 13.1. The summed E-state index contributed by atoms with van der Waals surface area (Å²) >= 11 is 0. The molecular formula is C16H33NO. The molecular weight excluding hydrogens is 222 g/mol. The zero-order chi connectivity index (χ0) is 13.6. The maximum atomic E-state index is 6.38. The Bertz CT molecular complexity index is 222. The molecule has 1 rings (SSSR count). The molecule has 18 heavy (non-hydrogen) atoms. The predicted octanol–water partition coefficient (Wildman–Crippen LogP) is 4.14. The summed E-state index contributed by atoms with van der Waals surface area (Å²) in [6, 6.07) is 0. The van der Waals surface area contributed by atoms with Gasteiger partial charge in [-0.1, -0.05) is 33.1 Å². The van der Waals surface area contributed by atoms with Crippen molar-refractivity contribution in [1.82, 2.24) is 5.32 Å². The molecule has 3 unspecified atom stereocenters. The van der Waals surface area contributed by atoms with Gasteiger partial charge in [-0.3, -0.25) is 0 Å². The average molecular weight is 255 g/mol. The number of hydrogen-bond acceptors (Lipinski definition) is 2. The van der Waals surface area contributed by atoms with Gasteiger partial charge in [-0.2, -0.15) is 0 Å². The third kappa shape index (κ3) is 5.71.